The van der Waals surface area contributed by atoms with E-state index in [0.29, 0.717) is 18.8 Å². The first kappa shape index (κ1) is 21.4. The molecule has 1 aliphatic heterocycles. The predicted molar refractivity (Wildman–Crippen MR) is 122 cm³/mol. The maximum absolute atomic E-state index is 13.2. The summed E-state index contributed by atoms with van der Waals surface area (Å²) in [7, 11) is 0. The Kier molecular flexibility index (Phi) is 6.89. The number of hydrogen-bond donors (Lipinski definition) is 1. The minimum absolute atomic E-state index is 0.0297. The number of rotatable bonds is 8. The minimum Gasteiger partial charge on any atom is -0.377 e. The van der Waals surface area contributed by atoms with E-state index in [2.05, 4.69) is 22.4 Å². The number of hydrogen-bond acceptors (Lipinski definition) is 7. The number of carbonyl (C=O) groups excluding carboxylic acids is 1. The molecule has 0 bridgehead atoms. The molecule has 0 radical (unpaired) electrons. The number of ether oxygens (including phenoxy) is 1. The molecule has 1 aliphatic rings. The Morgan fingerprint density at radius 3 is 2.77 bits per heavy atom. The van der Waals surface area contributed by atoms with Crippen LogP contribution in [0.5, 0.6) is 0 Å². The highest BCUT2D eigenvalue weighted by molar-refractivity contribution is 7.15. The second-order valence-corrected chi connectivity index (χ2v) is 8.48. The predicted octanol–water partition coefficient (Wildman–Crippen LogP) is 4.75. The summed E-state index contributed by atoms with van der Waals surface area (Å²) in [5.41, 5.74) is 2.66. The van der Waals surface area contributed by atoms with Gasteiger partial charge in [-0.2, -0.15) is 0 Å². The van der Waals surface area contributed by atoms with Crippen LogP contribution in [0.4, 0.5) is 10.9 Å². The first-order valence-electron chi connectivity index (χ1n) is 10.7. The number of amides is 1. The van der Waals surface area contributed by atoms with Crippen LogP contribution in [0.25, 0.3) is 0 Å². The van der Waals surface area contributed by atoms with Crippen LogP contribution in [0.1, 0.15) is 59.4 Å². The molecule has 162 valence electrons. The van der Waals surface area contributed by atoms with E-state index < -0.39 is 0 Å². The Bertz CT molecular complexity index is 1020. The van der Waals surface area contributed by atoms with Crippen molar-refractivity contribution < 1.29 is 9.53 Å². The van der Waals surface area contributed by atoms with E-state index >= 15 is 0 Å². The van der Waals surface area contributed by atoms with E-state index in [4.69, 9.17) is 9.72 Å². The molecular weight excluding hydrogens is 410 g/mol. The molecular formula is C23H27N5O2S. The van der Waals surface area contributed by atoms with Crippen LogP contribution in [0.2, 0.25) is 0 Å². The number of carbonyl (C=O) groups is 1. The van der Waals surface area contributed by atoms with E-state index in [-0.39, 0.29) is 11.9 Å². The molecule has 2 aromatic heterocycles. The maximum Gasteiger partial charge on any atom is 0.254 e. The van der Waals surface area contributed by atoms with Crippen LogP contribution in [0.15, 0.2) is 42.5 Å². The van der Waals surface area contributed by atoms with Crippen molar-refractivity contribution in [3.8, 4) is 0 Å². The fourth-order valence-corrected chi connectivity index (χ4v) is 4.40. The fourth-order valence-electron chi connectivity index (χ4n) is 3.71. The number of aromatic nitrogens is 3. The van der Waals surface area contributed by atoms with Crippen molar-refractivity contribution >= 4 is 28.2 Å². The van der Waals surface area contributed by atoms with Crippen molar-refractivity contribution in [2.45, 2.75) is 45.8 Å². The van der Waals surface area contributed by atoms with Gasteiger partial charge in [0.2, 0.25) is 5.13 Å². The van der Waals surface area contributed by atoms with Gasteiger partial charge in [0.1, 0.15) is 10.8 Å². The van der Waals surface area contributed by atoms with Crippen LogP contribution in [-0.4, -0.2) is 39.1 Å². The molecule has 1 N–H and O–H groups in total. The summed E-state index contributed by atoms with van der Waals surface area (Å²) in [6.45, 7) is 6.01. The lowest BCUT2D eigenvalue weighted by atomic mass is 10.1. The second kappa shape index (κ2) is 9.98. The standard InChI is InChI=1S/C23H27N5O2S/c1-3-21-26-27-23(31-21)25-20-9-5-7-18(24-20)19-8-6-14-28(19)22(29)17-12-10-16(11-13-17)15-30-4-2/h5,7,9-13,19H,3-4,6,8,14-15H2,1-2H3,(H,24,25,27). The van der Waals surface area contributed by atoms with Crippen LogP contribution in [0.3, 0.4) is 0 Å². The molecule has 3 heterocycles. The maximum atomic E-state index is 13.2. The Hall–Kier alpha value is -2.84. The number of pyridine rings is 1. The van der Waals surface area contributed by atoms with Gasteiger partial charge in [-0.25, -0.2) is 4.98 Å². The topological polar surface area (TPSA) is 80.2 Å². The Balaban J connectivity index is 1.48. The molecule has 8 heteroatoms. The summed E-state index contributed by atoms with van der Waals surface area (Å²) in [5, 5.41) is 13.3. The summed E-state index contributed by atoms with van der Waals surface area (Å²) in [6, 6.07) is 13.5. The van der Waals surface area contributed by atoms with E-state index in [1.165, 1.54) is 11.3 Å². The Morgan fingerprint density at radius 1 is 1.19 bits per heavy atom. The van der Waals surface area contributed by atoms with Gasteiger partial charge in [-0.1, -0.05) is 36.5 Å². The SMILES string of the molecule is CCOCc1ccc(C(=O)N2CCCC2c2cccc(Nc3nnc(CC)s3)n2)cc1. The molecule has 7 nitrogen and oxygen atoms in total. The zero-order chi connectivity index (χ0) is 21.6. The van der Waals surface area contributed by atoms with Gasteiger partial charge in [0.15, 0.2) is 0 Å². The van der Waals surface area contributed by atoms with Gasteiger partial charge in [0.05, 0.1) is 18.3 Å². The van der Waals surface area contributed by atoms with Gasteiger partial charge in [-0.15, -0.1) is 10.2 Å². The van der Waals surface area contributed by atoms with Gasteiger partial charge in [0, 0.05) is 18.7 Å². The third-order valence-corrected chi connectivity index (χ3v) is 6.29. The summed E-state index contributed by atoms with van der Waals surface area (Å²) < 4.78 is 5.44. The highest BCUT2D eigenvalue weighted by Crippen LogP contribution is 2.33. The summed E-state index contributed by atoms with van der Waals surface area (Å²) in [4.78, 5) is 19.9. The summed E-state index contributed by atoms with van der Waals surface area (Å²) >= 11 is 1.53. The Labute approximate surface area is 186 Å². The molecule has 31 heavy (non-hydrogen) atoms. The van der Waals surface area contributed by atoms with Gasteiger partial charge >= 0.3 is 0 Å². The molecule has 0 spiro atoms. The van der Waals surface area contributed by atoms with Crippen LogP contribution >= 0.6 is 11.3 Å². The lowest BCUT2D eigenvalue weighted by molar-refractivity contribution is 0.0733. The molecule has 4 rings (SSSR count). The highest BCUT2D eigenvalue weighted by atomic mass is 32.1. The van der Waals surface area contributed by atoms with Crippen molar-refractivity contribution in [1.82, 2.24) is 20.1 Å². The molecule has 1 unspecified atom stereocenters. The largest absolute Gasteiger partial charge is 0.377 e. The van der Waals surface area contributed by atoms with E-state index in [9.17, 15) is 4.79 Å². The van der Waals surface area contributed by atoms with E-state index in [1.54, 1.807) is 0 Å². The van der Waals surface area contributed by atoms with Crippen molar-refractivity contribution in [2.75, 3.05) is 18.5 Å². The van der Waals surface area contributed by atoms with E-state index in [1.807, 2.05) is 54.3 Å². The molecule has 0 aliphatic carbocycles. The molecule has 0 saturated carbocycles. The molecule has 3 aromatic rings. The average molecular weight is 438 g/mol. The lowest BCUT2D eigenvalue weighted by Crippen LogP contribution is -2.31. The monoisotopic (exact) mass is 437 g/mol. The number of nitrogens with zero attached hydrogens (tertiary/aromatic N) is 4. The quantitative estimate of drug-likeness (QED) is 0.548. The lowest BCUT2D eigenvalue weighted by Gasteiger charge is -2.25. The van der Waals surface area contributed by atoms with Gasteiger partial charge in [-0.3, -0.25) is 4.79 Å². The number of nitrogens with one attached hydrogen (secondary N) is 1. The van der Waals surface area contributed by atoms with Gasteiger partial charge in [-0.05, 0) is 56.0 Å². The summed E-state index contributed by atoms with van der Waals surface area (Å²) in [6.07, 6.45) is 2.73. The first-order chi connectivity index (χ1) is 15.2. The van der Waals surface area contributed by atoms with E-state index in [0.717, 1.165) is 53.0 Å². The van der Waals surface area contributed by atoms with Crippen LogP contribution in [-0.2, 0) is 17.8 Å². The highest BCUT2D eigenvalue weighted by Gasteiger charge is 2.31. The van der Waals surface area contributed by atoms with Crippen molar-refractivity contribution in [2.24, 2.45) is 0 Å². The van der Waals surface area contributed by atoms with Crippen molar-refractivity contribution in [1.29, 1.82) is 0 Å². The van der Waals surface area contributed by atoms with Crippen molar-refractivity contribution in [3.63, 3.8) is 0 Å². The second-order valence-electron chi connectivity index (χ2n) is 7.42. The summed E-state index contributed by atoms with van der Waals surface area (Å²) in [5.74, 6) is 0.762. The van der Waals surface area contributed by atoms with Gasteiger partial charge in [0.25, 0.3) is 5.91 Å². The molecule has 1 saturated heterocycles. The molecule has 1 fully saturated rings. The third-order valence-electron chi connectivity index (χ3n) is 5.30. The minimum atomic E-state index is -0.0297. The molecule has 1 amide bonds. The number of aryl methyl sites for hydroxylation is 1. The first-order valence-corrected chi connectivity index (χ1v) is 11.5. The van der Waals surface area contributed by atoms with Crippen LogP contribution < -0.4 is 5.32 Å². The fraction of sp³-hybridized carbons (Fsp3) is 0.391. The zero-order valence-electron chi connectivity index (χ0n) is 17.9. The molecule has 1 atom stereocenters. The average Bonchev–Trinajstić information content (AvgIpc) is 3.47. The normalized spacial score (nSPS) is 15.9. The number of benzene rings is 1. The molecule has 1 aromatic carbocycles. The zero-order valence-corrected chi connectivity index (χ0v) is 18.7. The third kappa shape index (κ3) is 5.08. The number of likely N-dealkylation sites (tertiary alicyclic amines) is 1. The van der Waals surface area contributed by atoms with Crippen LogP contribution in [0, 0.1) is 0 Å². The van der Waals surface area contributed by atoms with Gasteiger partial charge < -0.3 is 15.0 Å². The number of anilines is 2. The Morgan fingerprint density at radius 2 is 2.03 bits per heavy atom. The smallest absolute Gasteiger partial charge is 0.254 e. The van der Waals surface area contributed by atoms with Crippen molar-refractivity contribution in [3.05, 3.63) is 64.3 Å².